The van der Waals surface area contributed by atoms with Crippen molar-refractivity contribution in [2.75, 3.05) is 19.8 Å². The van der Waals surface area contributed by atoms with Crippen LogP contribution in [0.1, 0.15) is 6.42 Å². The molecule has 1 rings (SSSR count). The molecule has 0 spiro atoms. The molecule has 2 N–H and O–H groups in total. The predicted molar refractivity (Wildman–Crippen MR) is 71.6 cm³/mol. The van der Waals surface area contributed by atoms with E-state index >= 15 is 0 Å². The number of aliphatic hydroxyl groups is 1. The number of nitrogens with one attached hydrogen (secondary N) is 1. The lowest BCUT2D eigenvalue weighted by atomic mass is 10.3. The second kappa shape index (κ2) is 7.61. The SMILES string of the molecule is O=C(CCOc1ccc(Cl)c(Cl)c1)NCC(F)(F)CO. The molecule has 0 atom stereocenters. The van der Waals surface area contributed by atoms with Crippen molar-refractivity contribution in [1.29, 1.82) is 0 Å². The Hall–Kier alpha value is -1.11. The lowest BCUT2D eigenvalue weighted by Crippen LogP contribution is -2.39. The standard InChI is InChI=1S/C12H13Cl2F2NO3/c13-9-2-1-8(5-10(9)14)20-4-3-11(19)17-6-12(15,16)7-18/h1-2,5,18H,3-4,6-7H2,(H,17,19). The third-order valence-corrected chi connectivity index (χ3v) is 3.00. The van der Waals surface area contributed by atoms with E-state index in [0.29, 0.717) is 15.8 Å². The van der Waals surface area contributed by atoms with Crippen LogP contribution in [0.3, 0.4) is 0 Å². The number of benzene rings is 1. The van der Waals surface area contributed by atoms with Gasteiger partial charge in [0.2, 0.25) is 5.91 Å². The number of halogens is 4. The van der Waals surface area contributed by atoms with Gasteiger partial charge in [-0.15, -0.1) is 0 Å². The smallest absolute Gasteiger partial charge is 0.287 e. The molecular formula is C12H13Cl2F2NO3. The fourth-order valence-corrected chi connectivity index (χ4v) is 1.49. The van der Waals surface area contributed by atoms with Crippen molar-refractivity contribution in [2.45, 2.75) is 12.3 Å². The Balaban J connectivity index is 2.30. The van der Waals surface area contributed by atoms with Crippen molar-refractivity contribution in [2.24, 2.45) is 0 Å². The van der Waals surface area contributed by atoms with Gasteiger partial charge in [0.1, 0.15) is 12.4 Å². The Morgan fingerprint density at radius 1 is 1.35 bits per heavy atom. The number of hydrogen-bond acceptors (Lipinski definition) is 3. The maximum Gasteiger partial charge on any atom is 0.287 e. The summed E-state index contributed by atoms with van der Waals surface area (Å²) in [4.78, 5) is 11.3. The van der Waals surface area contributed by atoms with Gasteiger partial charge in [-0.25, -0.2) is 8.78 Å². The van der Waals surface area contributed by atoms with Gasteiger partial charge >= 0.3 is 0 Å². The molecule has 0 aliphatic heterocycles. The Bertz CT molecular complexity index is 472. The number of ether oxygens (including phenoxy) is 1. The van der Waals surface area contributed by atoms with Gasteiger partial charge < -0.3 is 15.2 Å². The zero-order valence-corrected chi connectivity index (χ0v) is 11.8. The van der Waals surface area contributed by atoms with Crippen LogP contribution < -0.4 is 10.1 Å². The molecule has 0 saturated heterocycles. The largest absolute Gasteiger partial charge is 0.493 e. The molecule has 1 aromatic rings. The van der Waals surface area contributed by atoms with E-state index in [-0.39, 0.29) is 13.0 Å². The number of carbonyl (C=O) groups is 1. The molecular weight excluding hydrogens is 315 g/mol. The van der Waals surface area contributed by atoms with E-state index in [1.807, 2.05) is 5.32 Å². The van der Waals surface area contributed by atoms with Crippen molar-refractivity contribution in [1.82, 2.24) is 5.32 Å². The minimum Gasteiger partial charge on any atom is -0.493 e. The lowest BCUT2D eigenvalue weighted by molar-refractivity contribution is -0.124. The van der Waals surface area contributed by atoms with Crippen LogP contribution in [0.25, 0.3) is 0 Å². The number of hydrogen-bond donors (Lipinski definition) is 2. The Kier molecular flexibility index (Phi) is 6.45. The average molecular weight is 328 g/mol. The summed E-state index contributed by atoms with van der Waals surface area (Å²) in [5, 5.41) is 11.0. The van der Waals surface area contributed by atoms with E-state index in [4.69, 9.17) is 33.0 Å². The Labute approximate surface area is 124 Å². The van der Waals surface area contributed by atoms with Gasteiger partial charge in [-0.2, -0.15) is 0 Å². The molecule has 1 aromatic carbocycles. The van der Waals surface area contributed by atoms with Crippen molar-refractivity contribution in [3.63, 3.8) is 0 Å². The highest BCUT2D eigenvalue weighted by Crippen LogP contribution is 2.26. The molecule has 0 aliphatic rings. The molecule has 0 bridgehead atoms. The first-order valence-electron chi connectivity index (χ1n) is 5.67. The number of rotatable bonds is 7. The number of alkyl halides is 2. The van der Waals surface area contributed by atoms with Crippen LogP contribution >= 0.6 is 23.2 Å². The van der Waals surface area contributed by atoms with E-state index in [1.165, 1.54) is 6.07 Å². The van der Waals surface area contributed by atoms with Crippen LogP contribution in [-0.4, -0.2) is 36.7 Å². The van der Waals surface area contributed by atoms with Crippen LogP contribution in [0, 0.1) is 0 Å². The summed E-state index contributed by atoms with van der Waals surface area (Å²) in [7, 11) is 0. The molecule has 0 aromatic heterocycles. The molecule has 0 radical (unpaired) electrons. The zero-order valence-electron chi connectivity index (χ0n) is 10.3. The minimum atomic E-state index is -3.32. The van der Waals surface area contributed by atoms with E-state index < -0.39 is 25.0 Å². The maximum atomic E-state index is 12.7. The summed E-state index contributed by atoms with van der Waals surface area (Å²) in [6, 6.07) is 4.61. The van der Waals surface area contributed by atoms with E-state index in [2.05, 4.69) is 0 Å². The summed E-state index contributed by atoms with van der Waals surface area (Å²) >= 11 is 11.5. The first kappa shape index (κ1) is 16.9. The first-order valence-corrected chi connectivity index (χ1v) is 6.43. The molecule has 0 unspecified atom stereocenters. The summed E-state index contributed by atoms with van der Waals surface area (Å²) in [5.74, 6) is -3.49. The molecule has 8 heteroatoms. The maximum absolute atomic E-state index is 12.7. The van der Waals surface area contributed by atoms with Crippen LogP contribution in [0.4, 0.5) is 8.78 Å². The highest BCUT2D eigenvalue weighted by molar-refractivity contribution is 6.42. The molecule has 20 heavy (non-hydrogen) atoms. The monoisotopic (exact) mass is 327 g/mol. The summed E-state index contributed by atoms with van der Waals surface area (Å²) in [6.07, 6.45) is -0.0955. The van der Waals surface area contributed by atoms with Crippen molar-refractivity contribution < 1.29 is 23.4 Å². The van der Waals surface area contributed by atoms with Crippen LogP contribution in [0.5, 0.6) is 5.75 Å². The molecule has 1 amide bonds. The number of amides is 1. The fourth-order valence-electron chi connectivity index (χ4n) is 1.20. The van der Waals surface area contributed by atoms with Gasteiger partial charge in [-0.05, 0) is 12.1 Å². The third-order valence-electron chi connectivity index (χ3n) is 2.26. The van der Waals surface area contributed by atoms with Crippen LogP contribution in [0.15, 0.2) is 18.2 Å². The normalized spacial score (nSPS) is 11.2. The van der Waals surface area contributed by atoms with Crippen molar-refractivity contribution in [3.8, 4) is 5.75 Å². The zero-order chi connectivity index (χ0) is 15.2. The summed E-state index contributed by atoms with van der Waals surface area (Å²) < 4.78 is 30.5. The second-order valence-corrected chi connectivity index (χ2v) is 4.78. The van der Waals surface area contributed by atoms with E-state index in [1.54, 1.807) is 12.1 Å². The van der Waals surface area contributed by atoms with Gasteiger partial charge in [0, 0.05) is 6.07 Å². The molecule has 0 saturated carbocycles. The second-order valence-electron chi connectivity index (χ2n) is 3.97. The number of carbonyl (C=O) groups excluding carboxylic acids is 1. The van der Waals surface area contributed by atoms with E-state index in [9.17, 15) is 13.6 Å². The van der Waals surface area contributed by atoms with Gasteiger partial charge in [0.15, 0.2) is 0 Å². The van der Waals surface area contributed by atoms with Gasteiger partial charge in [-0.1, -0.05) is 23.2 Å². The highest BCUT2D eigenvalue weighted by Gasteiger charge is 2.27. The first-order chi connectivity index (χ1) is 9.34. The van der Waals surface area contributed by atoms with Crippen LogP contribution in [-0.2, 0) is 4.79 Å². The molecule has 0 heterocycles. The van der Waals surface area contributed by atoms with Crippen LogP contribution in [0.2, 0.25) is 10.0 Å². The predicted octanol–water partition coefficient (Wildman–Crippen LogP) is 2.51. The number of aliphatic hydroxyl groups excluding tert-OH is 1. The highest BCUT2D eigenvalue weighted by atomic mass is 35.5. The van der Waals surface area contributed by atoms with Gasteiger partial charge in [0.25, 0.3) is 5.92 Å². The summed E-state index contributed by atoms with van der Waals surface area (Å²) in [5.41, 5.74) is 0. The Morgan fingerprint density at radius 3 is 2.65 bits per heavy atom. The Morgan fingerprint density at radius 2 is 2.05 bits per heavy atom. The minimum absolute atomic E-state index is 0.00842. The molecule has 112 valence electrons. The van der Waals surface area contributed by atoms with Crippen molar-refractivity contribution in [3.05, 3.63) is 28.2 Å². The quantitative estimate of drug-likeness (QED) is 0.809. The average Bonchev–Trinajstić information content (AvgIpc) is 2.41. The summed E-state index contributed by atoms with van der Waals surface area (Å²) in [6.45, 7) is -2.21. The molecule has 0 aliphatic carbocycles. The molecule has 0 fully saturated rings. The van der Waals surface area contributed by atoms with Gasteiger partial charge in [0.05, 0.1) is 29.6 Å². The topological polar surface area (TPSA) is 58.6 Å². The van der Waals surface area contributed by atoms with Gasteiger partial charge in [-0.3, -0.25) is 4.79 Å². The lowest BCUT2D eigenvalue weighted by Gasteiger charge is -2.14. The van der Waals surface area contributed by atoms with E-state index in [0.717, 1.165) is 0 Å². The fraction of sp³-hybridized carbons (Fsp3) is 0.417. The molecule has 4 nitrogen and oxygen atoms in total. The van der Waals surface area contributed by atoms with Crippen molar-refractivity contribution >= 4 is 29.1 Å². The third kappa shape index (κ3) is 5.90.